The number of nitrogens with zero attached hydrogens (tertiary/aromatic N) is 4. The molecule has 1 aliphatic rings. The van der Waals surface area contributed by atoms with Crippen LogP contribution in [0.4, 0.5) is 0 Å². The van der Waals surface area contributed by atoms with Gasteiger partial charge in [0, 0.05) is 26.2 Å². The molecule has 1 atom stereocenters. The van der Waals surface area contributed by atoms with Gasteiger partial charge in [-0.25, -0.2) is 4.98 Å². The molecule has 2 heterocycles. The molecule has 0 radical (unpaired) electrons. The Hall–Kier alpha value is -1.88. The van der Waals surface area contributed by atoms with Gasteiger partial charge >= 0.3 is 0 Å². The normalized spacial score (nSPS) is 18.8. The second kappa shape index (κ2) is 7.56. The summed E-state index contributed by atoms with van der Waals surface area (Å²) in [4.78, 5) is 21.8. The third kappa shape index (κ3) is 3.71. The number of hydrogen-bond acceptors (Lipinski definition) is 3. The predicted octanol–water partition coefficient (Wildman–Crippen LogP) is 3.14. The van der Waals surface area contributed by atoms with Crippen molar-refractivity contribution in [2.75, 3.05) is 20.1 Å². The second-order valence-electron chi connectivity index (χ2n) is 7.38. The van der Waals surface area contributed by atoms with Crippen molar-refractivity contribution in [3.05, 3.63) is 30.1 Å². The van der Waals surface area contributed by atoms with Gasteiger partial charge in [0.05, 0.1) is 23.5 Å². The first-order valence-corrected chi connectivity index (χ1v) is 9.44. The summed E-state index contributed by atoms with van der Waals surface area (Å²) in [6.45, 7) is 9.92. The van der Waals surface area contributed by atoms with Crippen LogP contribution in [0.25, 0.3) is 11.0 Å². The summed E-state index contributed by atoms with van der Waals surface area (Å²) in [6.07, 6.45) is 2.07. The van der Waals surface area contributed by atoms with E-state index in [0.29, 0.717) is 0 Å². The summed E-state index contributed by atoms with van der Waals surface area (Å²) < 4.78 is 2.29. The highest BCUT2D eigenvalue weighted by Gasteiger charge is 2.29. The molecule has 1 fully saturated rings. The zero-order valence-corrected chi connectivity index (χ0v) is 15.9. The van der Waals surface area contributed by atoms with Crippen LogP contribution >= 0.6 is 0 Å². The Balaban J connectivity index is 1.74. The summed E-state index contributed by atoms with van der Waals surface area (Å²) in [5.74, 6) is 1.50. The topological polar surface area (TPSA) is 41.4 Å². The van der Waals surface area contributed by atoms with Crippen molar-refractivity contribution in [2.45, 2.75) is 52.7 Å². The molecule has 1 saturated heterocycles. The standard InChI is InChI=1S/C20H30N4O/c1-5-24-18-11-7-6-10-17(18)21-19(24)14-23-12-8-9-16(13-23)20(25)22(4)15(2)3/h6-7,10-11,15-16H,5,8-9,12-14H2,1-4H3/t16-/m0/s1. The molecule has 0 spiro atoms. The molecule has 0 N–H and O–H groups in total. The number of para-hydroxylation sites is 2. The zero-order chi connectivity index (χ0) is 18.0. The first kappa shape index (κ1) is 17.9. The van der Waals surface area contributed by atoms with Crippen molar-refractivity contribution < 1.29 is 4.79 Å². The van der Waals surface area contributed by atoms with E-state index < -0.39 is 0 Å². The molecule has 3 rings (SSSR count). The number of rotatable bonds is 5. The molecular formula is C20H30N4O. The largest absolute Gasteiger partial charge is 0.343 e. The molecule has 5 nitrogen and oxygen atoms in total. The maximum atomic E-state index is 12.7. The molecule has 0 aliphatic carbocycles. The van der Waals surface area contributed by atoms with Gasteiger partial charge in [0.1, 0.15) is 5.82 Å². The van der Waals surface area contributed by atoms with Crippen molar-refractivity contribution >= 4 is 16.9 Å². The van der Waals surface area contributed by atoms with Crippen molar-refractivity contribution in [2.24, 2.45) is 5.92 Å². The smallest absolute Gasteiger partial charge is 0.226 e. The second-order valence-corrected chi connectivity index (χ2v) is 7.38. The summed E-state index contributed by atoms with van der Waals surface area (Å²) in [5, 5.41) is 0. The quantitative estimate of drug-likeness (QED) is 0.838. The van der Waals surface area contributed by atoms with Gasteiger partial charge in [-0.15, -0.1) is 0 Å². The number of hydrogen-bond donors (Lipinski definition) is 0. The number of likely N-dealkylation sites (tertiary alicyclic amines) is 1. The summed E-state index contributed by atoms with van der Waals surface area (Å²) in [7, 11) is 1.92. The van der Waals surface area contributed by atoms with Crippen LogP contribution < -0.4 is 0 Å². The summed E-state index contributed by atoms with van der Waals surface area (Å²) in [5.41, 5.74) is 2.26. The molecular weight excluding hydrogens is 312 g/mol. The van der Waals surface area contributed by atoms with Crippen LogP contribution in [-0.4, -0.2) is 51.4 Å². The third-order valence-corrected chi connectivity index (χ3v) is 5.39. The number of benzene rings is 1. The summed E-state index contributed by atoms with van der Waals surface area (Å²) >= 11 is 0. The Bertz CT molecular complexity index is 736. The monoisotopic (exact) mass is 342 g/mol. The van der Waals surface area contributed by atoms with Crippen LogP contribution in [0.3, 0.4) is 0 Å². The van der Waals surface area contributed by atoms with Crippen molar-refractivity contribution in [3.8, 4) is 0 Å². The van der Waals surface area contributed by atoms with Gasteiger partial charge in [-0.3, -0.25) is 9.69 Å². The van der Waals surface area contributed by atoms with Crippen LogP contribution in [0.1, 0.15) is 39.4 Å². The average molecular weight is 342 g/mol. The number of piperidine rings is 1. The number of aromatic nitrogens is 2. The Morgan fingerprint density at radius 2 is 2.12 bits per heavy atom. The van der Waals surface area contributed by atoms with Crippen molar-refractivity contribution in [1.29, 1.82) is 0 Å². The Morgan fingerprint density at radius 3 is 2.84 bits per heavy atom. The predicted molar refractivity (Wildman–Crippen MR) is 101 cm³/mol. The lowest BCUT2D eigenvalue weighted by atomic mass is 9.96. The minimum Gasteiger partial charge on any atom is -0.343 e. The van der Waals surface area contributed by atoms with Crippen LogP contribution in [0.2, 0.25) is 0 Å². The lowest BCUT2D eigenvalue weighted by molar-refractivity contribution is -0.137. The number of carbonyl (C=O) groups excluding carboxylic acids is 1. The number of aryl methyl sites for hydroxylation is 1. The van der Waals surface area contributed by atoms with Gasteiger partial charge in [-0.05, 0) is 52.3 Å². The van der Waals surface area contributed by atoms with E-state index in [-0.39, 0.29) is 17.9 Å². The molecule has 2 aromatic rings. The van der Waals surface area contributed by atoms with E-state index in [4.69, 9.17) is 4.98 Å². The third-order valence-electron chi connectivity index (χ3n) is 5.39. The van der Waals surface area contributed by atoms with E-state index in [1.54, 1.807) is 0 Å². The van der Waals surface area contributed by atoms with Gasteiger partial charge in [0.25, 0.3) is 0 Å². The SMILES string of the molecule is CCn1c(CN2CCC[C@H](C(=O)N(C)C(C)C)C2)nc2ccccc21. The zero-order valence-electron chi connectivity index (χ0n) is 15.9. The van der Waals surface area contributed by atoms with Gasteiger partial charge in [-0.2, -0.15) is 0 Å². The van der Waals surface area contributed by atoms with E-state index in [1.807, 2.05) is 18.0 Å². The van der Waals surface area contributed by atoms with E-state index in [2.05, 4.69) is 48.4 Å². The van der Waals surface area contributed by atoms with Crippen LogP contribution in [0.15, 0.2) is 24.3 Å². The number of amides is 1. The lowest BCUT2D eigenvalue weighted by Gasteiger charge is -2.34. The highest BCUT2D eigenvalue weighted by molar-refractivity contribution is 5.79. The van der Waals surface area contributed by atoms with E-state index >= 15 is 0 Å². The van der Waals surface area contributed by atoms with Gasteiger partial charge in [-0.1, -0.05) is 12.1 Å². The molecule has 136 valence electrons. The van der Waals surface area contributed by atoms with Gasteiger partial charge in [0.15, 0.2) is 0 Å². The van der Waals surface area contributed by atoms with E-state index in [1.165, 1.54) is 5.52 Å². The fourth-order valence-corrected chi connectivity index (χ4v) is 3.74. The first-order chi connectivity index (χ1) is 12.0. The Kier molecular flexibility index (Phi) is 5.42. The van der Waals surface area contributed by atoms with Crippen LogP contribution in [-0.2, 0) is 17.9 Å². The highest BCUT2D eigenvalue weighted by atomic mass is 16.2. The molecule has 0 saturated carbocycles. The Morgan fingerprint density at radius 1 is 1.36 bits per heavy atom. The van der Waals surface area contributed by atoms with Gasteiger partial charge < -0.3 is 9.47 Å². The molecule has 1 aromatic carbocycles. The van der Waals surface area contributed by atoms with Gasteiger partial charge in [0.2, 0.25) is 5.91 Å². The maximum absolute atomic E-state index is 12.7. The lowest BCUT2D eigenvalue weighted by Crippen LogP contribution is -2.45. The summed E-state index contributed by atoms with van der Waals surface area (Å²) in [6, 6.07) is 8.57. The average Bonchev–Trinajstić information content (AvgIpc) is 2.97. The number of carbonyl (C=O) groups is 1. The number of fused-ring (bicyclic) bond motifs is 1. The Labute approximate surface area is 150 Å². The minimum absolute atomic E-state index is 0.112. The molecule has 1 aromatic heterocycles. The van der Waals surface area contributed by atoms with Crippen molar-refractivity contribution in [1.82, 2.24) is 19.4 Å². The first-order valence-electron chi connectivity index (χ1n) is 9.44. The molecule has 0 bridgehead atoms. The minimum atomic E-state index is 0.112. The fraction of sp³-hybridized carbons (Fsp3) is 0.600. The molecule has 5 heteroatoms. The van der Waals surface area contributed by atoms with Crippen LogP contribution in [0.5, 0.6) is 0 Å². The van der Waals surface area contributed by atoms with Crippen molar-refractivity contribution in [3.63, 3.8) is 0 Å². The number of imidazole rings is 1. The molecule has 0 unspecified atom stereocenters. The van der Waals surface area contributed by atoms with Crippen LogP contribution in [0, 0.1) is 5.92 Å². The highest BCUT2D eigenvalue weighted by Crippen LogP contribution is 2.23. The van der Waals surface area contributed by atoms with E-state index in [0.717, 1.165) is 50.4 Å². The molecule has 1 aliphatic heterocycles. The van der Waals surface area contributed by atoms with E-state index in [9.17, 15) is 4.79 Å². The maximum Gasteiger partial charge on any atom is 0.226 e. The fourth-order valence-electron chi connectivity index (χ4n) is 3.74. The molecule has 25 heavy (non-hydrogen) atoms. The molecule has 1 amide bonds.